The van der Waals surface area contributed by atoms with E-state index in [2.05, 4.69) is 4.79 Å². The van der Waals surface area contributed by atoms with Gasteiger partial charge in [0.15, 0.2) is 0 Å². The molecule has 1 atom stereocenters. The van der Waals surface area contributed by atoms with Gasteiger partial charge in [-0.1, -0.05) is 6.42 Å². The summed E-state index contributed by atoms with van der Waals surface area (Å²) in [4.78, 5) is 2.91. The average Bonchev–Trinajstić information content (AvgIpc) is 2.27. The zero-order chi connectivity index (χ0) is 14.8. The molecular weight excluding hydrogens is 288 g/mol. The Morgan fingerprint density at radius 2 is 1.89 bits per heavy atom. The lowest BCUT2D eigenvalue weighted by molar-refractivity contribution is -0.0116. The Morgan fingerprint density at radius 1 is 1.32 bits per heavy atom. The fourth-order valence-corrected chi connectivity index (χ4v) is 5.68. The van der Waals surface area contributed by atoms with Crippen molar-refractivity contribution >= 4 is 30.0 Å². The fraction of sp³-hybridized carbons (Fsp3) is 0.818. The molecule has 0 amide bonds. The van der Waals surface area contributed by atoms with Crippen molar-refractivity contribution in [1.29, 1.82) is 0 Å². The molecule has 0 aromatic rings. The lowest BCUT2D eigenvalue weighted by Gasteiger charge is -2.23. The molecule has 0 heterocycles. The minimum Gasteiger partial charge on any atom is -0.360 e. The molecule has 0 aliphatic heterocycles. The summed E-state index contributed by atoms with van der Waals surface area (Å²) in [6, 6.07) is 0. The van der Waals surface area contributed by atoms with Crippen LogP contribution in [0.25, 0.3) is 5.53 Å². The molecule has 8 heteroatoms. The largest absolute Gasteiger partial charge is 0.387 e. The van der Waals surface area contributed by atoms with Gasteiger partial charge >= 0.3 is 5.04 Å². The van der Waals surface area contributed by atoms with E-state index >= 15 is 0 Å². The molecule has 0 saturated heterocycles. The minimum absolute atomic E-state index is 0.00310. The van der Waals surface area contributed by atoms with Gasteiger partial charge in [0.1, 0.15) is 5.25 Å². The Hall–Kier alpha value is -0.980. The van der Waals surface area contributed by atoms with Gasteiger partial charge in [-0.15, -0.1) is 0 Å². The van der Waals surface area contributed by atoms with Crippen LogP contribution in [0, 0.1) is 5.41 Å². The lowest BCUT2D eigenvalue weighted by atomic mass is 9.99. The van der Waals surface area contributed by atoms with Crippen LogP contribution in [0.1, 0.15) is 46.5 Å². The van der Waals surface area contributed by atoms with Gasteiger partial charge in [-0.05, 0) is 40.0 Å². The van der Waals surface area contributed by atoms with E-state index in [1.165, 1.54) is 0 Å². The van der Waals surface area contributed by atoms with Gasteiger partial charge in [-0.25, -0.2) is 8.42 Å². The van der Waals surface area contributed by atoms with Crippen molar-refractivity contribution in [1.82, 2.24) is 0 Å². The third kappa shape index (κ3) is 3.32. The molecule has 1 saturated carbocycles. The summed E-state index contributed by atoms with van der Waals surface area (Å²) in [5.41, 5.74) is 8.12. The molecule has 1 aliphatic carbocycles. The van der Waals surface area contributed by atoms with Crippen LogP contribution in [0.4, 0.5) is 0 Å². The second-order valence-electron chi connectivity index (χ2n) is 5.64. The van der Waals surface area contributed by atoms with Crippen LogP contribution in [-0.2, 0) is 20.1 Å². The molecule has 0 aromatic heterocycles. The van der Waals surface area contributed by atoms with Crippen molar-refractivity contribution in [2.45, 2.75) is 51.7 Å². The van der Waals surface area contributed by atoms with Gasteiger partial charge < -0.3 is 5.53 Å². The summed E-state index contributed by atoms with van der Waals surface area (Å²) in [7, 11) is -6.48. The molecule has 1 unspecified atom stereocenters. The number of hydrogen-bond donors (Lipinski definition) is 0. The van der Waals surface area contributed by atoms with Crippen molar-refractivity contribution in [2.24, 2.45) is 5.41 Å². The Balaban J connectivity index is 3.42. The van der Waals surface area contributed by atoms with Crippen molar-refractivity contribution in [3.63, 3.8) is 0 Å². The highest BCUT2D eigenvalue weighted by Crippen LogP contribution is 2.28. The molecule has 0 spiro atoms. The molecule has 6 nitrogen and oxygen atoms in total. The lowest BCUT2D eigenvalue weighted by Crippen LogP contribution is -2.42. The number of sulfone groups is 1. The Labute approximate surface area is 114 Å². The molecule has 0 bridgehead atoms. The van der Waals surface area contributed by atoms with Crippen LogP contribution in [0.15, 0.2) is 0 Å². The first kappa shape index (κ1) is 16.1. The molecule has 0 radical (unpaired) electrons. The average molecular weight is 306 g/mol. The van der Waals surface area contributed by atoms with Crippen molar-refractivity contribution in [2.75, 3.05) is 0 Å². The quantitative estimate of drug-likeness (QED) is 0.237. The normalized spacial score (nSPS) is 20.8. The standard InChI is InChI=1S/C11H18N2O4S2/c1-11(2,3)10(13-12)19(16,17)9-7-5-4-6-8(9)18(14)15/h9H,4-7H2,1-3H3. The van der Waals surface area contributed by atoms with Crippen LogP contribution >= 0.6 is 0 Å². The molecule has 0 aromatic carbocycles. The molecular formula is C11H18N2O4S2. The zero-order valence-corrected chi connectivity index (χ0v) is 12.9. The second-order valence-corrected chi connectivity index (χ2v) is 8.68. The maximum Gasteiger partial charge on any atom is 0.387 e. The Bertz CT molecular complexity index is 639. The fourth-order valence-electron chi connectivity index (χ4n) is 2.24. The summed E-state index contributed by atoms with van der Waals surface area (Å²) in [6.07, 6.45) is 1.81. The molecule has 1 fully saturated rings. The highest BCUT2D eigenvalue weighted by Gasteiger charge is 2.47. The Morgan fingerprint density at radius 3 is 2.32 bits per heavy atom. The molecule has 19 heavy (non-hydrogen) atoms. The first-order chi connectivity index (χ1) is 8.62. The summed E-state index contributed by atoms with van der Waals surface area (Å²) >= 11 is 0. The molecule has 1 aliphatic rings. The number of hydrogen-bond acceptors (Lipinski definition) is 4. The SMILES string of the molecule is CC(C)(C)C(=[N+]=[N-])S(=O)(=O)C1CCCCC1=S(=O)=O. The van der Waals surface area contributed by atoms with E-state index < -0.39 is 30.8 Å². The zero-order valence-electron chi connectivity index (χ0n) is 11.2. The highest BCUT2D eigenvalue weighted by molar-refractivity contribution is 8.08. The smallest absolute Gasteiger partial charge is 0.360 e. The van der Waals surface area contributed by atoms with E-state index in [0.29, 0.717) is 12.8 Å². The first-order valence-corrected chi connectivity index (χ1v) is 8.66. The summed E-state index contributed by atoms with van der Waals surface area (Å²) < 4.78 is 47.3. The summed E-state index contributed by atoms with van der Waals surface area (Å²) in [5, 5.41) is -1.46. The highest BCUT2D eigenvalue weighted by atomic mass is 32.2. The van der Waals surface area contributed by atoms with Gasteiger partial charge in [-0.3, -0.25) is 0 Å². The minimum atomic E-state index is -3.96. The maximum absolute atomic E-state index is 12.5. The van der Waals surface area contributed by atoms with Gasteiger partial charge in [-0.2, -0.15) is 13.2 Å². The first-order valence-electron chi connectivity index (χ1n) is 6.03. The predicted octanol–water partition coefficient (Wildman–Crippen LogP) is 1.07. The van der Waals surface area contributed by atoms with Gasteiger partial charge in [0.2, 0.25) is 10.3 Å². The third-order valence-corrected chi connectivity index (χ3v) is 6.66. The van der Waals surface area contributed by atoms with Crippen molar-refractivity contribution in [3.05, 3.63) is 5.53 Å². The van der Waals surface area contributed by atoms with E-state index in [1.54, 1.807) is 20.8 Å². The van der Waals surface area contributed by atoms with E-state index in [4.69, 9.17) is 5.53 Å². The van der Waals surface area contributed by atoms with Crippen LogP contribution in [-0.4, -0.2) is 36.8 Å². The monoisotopic (exact) mass is 306 g/mol. The number of nitrogens with zero attached hydrogens (tertiary/aromatic N) is 2. The van der Waals surface area contributed by atoms with Crippen molar-refractivity contribution < 1.29 is 21.6 Å². The number of rotatable bonds is 1. The summed E-state index contributed by atoms with van der Waals surface area (Å²) in [6.45, 7) is 4.82. The van der Waals surface area contributed by atoms with Crippen molar-refractivity contribution in [3.8, 4) is 0 Å². The van der Waals surface area contributed by atoms with E-state index in [0.717, 1.165) is 0 Å². The topological polar surface area (TPSA) is 105 Å². The van der Waals surface area contributed by atoms with Crippen LogP contribution < -0.4 is 0 Å². The van der Waals surface area contributed by atoms with Crippen LogP contribution in [0.3, 0.4) is 0 Å². The van der Waals surface area contributed by atoms with Crippen LogP contribution in [0.5, 0.6) is 0 Å². The molecule has 1 rings (SSSR count). The van der Waals surface area contributed by atoms with E-state index in [-0.39, 0.29) is 22.7 Å². The second kappa shape index (κ2) is 5.56. The molecule has 0 N–H and O–H groups in total. The van der Waals surface area contributed by atoms with Gasteiger partial charge in [0.25, 0.3) is 9.84 Å². The van der Waals surface area contributed by atoms with Gasteiger partial charge in [0, 0.05) is 0 Å². The predicted molar refractivity (Wildman–Crippen MR) is 73.2 cm³/mol. The van der Waals surface area contributed by atoms with Gasteiger partial charge in [0.05, 0.1) is 10.3 Å². The van der Waals surface area contributed by atoms with E-state index in [1.807, 2.05) is 0 Å². The maximum atomic E-state index is 12.5. The van der Waals surface area contributed by atoms with Crippen LogP contribution in [0.2, 0.25) is 0 Å². The molecule has 108 valence electrons. The van der Waals surface area contributed by atoms with E-state index in [9.17, 15) is 16.8 Å². The Kier molecular flexibility index (Phi) is 4.71. The summed E-state index contributed by atoms with van der Waals surface area (Å²) in [5.74, 6) is 0. The third-order valence-electron chi connectivity index (χ3n) is 3.09.